The van der Waals surface area contributed by atoms with Crippen molar-refractivity contribution in [1.82, 2.24) is 4.98 Å². The van der Waals surface area contributed by atoms with Gasteiger partial charge in [-0.05, 0) is 42.8 Å². The monoisotopic (exact) mass is 257 g/mol. The molecule has 0 aliphatic heterocycles. The number of carbonyl (C=O) groups excluding carboxylic acids is 1. The molecule has 0 aromatic carbocycles. The zero-order valence-electron chi connectivity index (χ0n) is 10.3. The molecule has 2 aromatic heterocycles. The topological polar surface area (TPSA) is 30.0 Å². The number of nitrogens with zero attached hydrogens (tertiary/aromatic N) is 1. The van der Waals surface area contributed by atoms with E-state index in [1.807, 2.05) is 30.3 Å². The Hall–Kier alpha value is -1.74. The molecule has 0 spiro atoms. The van der Waals surface area contributed by atoms with Crippen LogP contribution in [0.1, 0.15) is 33.6 Å². The Morgan fingerprint density at radius 2 is 2.22 bits per heavy atom. The highest BCUT2D eigenvalue weighted by Crippen LogP contribution is 2.19. The Balaban J connectivity index is 2.05. The van der Waals surface area contributed by atoms with E-state index in [4.69, 9.17) is 0 Å². The smallest absolute Gasteiger partial charge is 0.195 e. The van der Waals surface area contributed by atoms with E-state index in [1.54, 1.807) is 29.7 Å². The van der Waals surface area contributed by atoms with Gasteiger partial charge >= 0.3 is 0 Å². The molecule has 0 radical (unpaired) electrons. The zero-order chi connectivity index (χ0) is 12.8. The van der Waals surface area contributed by atoms with E-state index in [2.05, 4.69) is 11.9 Å². The fraction of sp³-hybridized carbons (Fsp3) is 0.200. The molecule has 0 saturated carbocycles. The Morgan fingerprint density at radius 3 is 2.94 bits per heavy atom. The van der Waals surface area contributed by atoms with Crippen molar-refractivity contribution in [3.8, 4) is 0 Å². The summed E-state index contributed by atoms with van der Waals surface area (Å²) >= 11 is 1.58. The van der Waals surface area contributed by atoms with Crippen LogP contribution in [0, 0.1) is 0 Å². The average Bonchev–Trinajstić information content (AvgIpc) is 2.86. The molecule has 0 unspecified atom stereocenters. The van der Waals surface area contributed by atoms with E-state index >= 15 is 0 Å². The molecule has 0 amide bonds. The minimum atomic E-state index is 0.0491. The third-order valence-electron chi connectivity index (χ3n) is 2.49. The quantitative estimate of drug-likeness (QED) is 0.599. The second-order valence-corrected chi connectivity index (χ2v) is 5.14. The molecule has 0 aliphatic carbocycles. The van der Waals surface area contributed by atoms with Gasteiger partial charge in [0.25, 0.3) is 0 Å². The summed E-state index contributed by atoms with van der Waals surface area (Å²) < 4.78 is 0. The lowest BCUT2D eigenvalue weighted by Gasteiger charge is -1.91. The predicted octanol–water partition coefficient (Wildman–Crippen LogP) is 3.99. The molecule has 3 heteroatoms. The van der Waals surface area contributed by atoms with Crippen LogP contribution in [0.15, 0.2) is 42.6 Å². The largest absolute Gasteiger partial charge is 0.288 e. The second kappa shape index (κ2) is 6.26. The van der Waals surface area contributed by atoms with Gasteiger partial charge in [0.2, 0.25) is 0 Å². The first-order chi connectivity index (χ1) is 8.79. The van der Waals surface area contributed by atoms with Crippen LogP contribution in [-0.4, -0.2) is 10.8 Å². The molecular weight excluding hydrogens is 242 g/mol. The summed E-state index contributed by atoms with van der Waals surface area (Å²) in [4.78, 5) is 18.1. The number of aromatic nitrogens is 1. The number of thiophene rings is 1. The summed E-state index contributed by atoms with van der Waals surface area (Å²) in [6.45, 7) is 2.14. The van der Waals surface area contributed by atoms with Crippen LogP contribution in [0.25, 0.3) is 6.08 Å². The van der Waals surface area contributed by atoms with Gasteiger partial charge in [-0.2, -0.15) is 0 Å². The Labute approximate surface area is 111 Å². The average molecular weight is 257 g/mol. The van der Waals surface area contributed by atoms with Crippen molar-refractivity contribution in [2.45, 2.75) is 19.8 Å². The summed E-state index contributed by atoms with van der Waals surface area (Å²) in [5.74, 6) is 0.0491. The van der Waals surface area contributed by atoms with Crippen molar-refractivity contribution in [3.05, 3.63) is 58.1 Å². The summed E-state index contributed by atoms with van der Waals surface area (Å²) in [7, 11) is 0. The first-order valence-corrected chi connectivity index (χ1v) is 6.83. The van der Waals surface area contributed by atoms with Crippen molar-refractivity contribution >= 4 is 23.2 Å². The van der Waals surface area contributed by atoms with E-state index in [0.717, 1.165) is 23.4 Å². The predicted molar refractivity (Wildman–Crippen MR) is 75.9 cm³/mol. The number of aryl methyl sites for hydroxylation is 1. The molecular formula is C15H15NOS. The SMILES string of the molecule is CCCc1ccc(C(=O)/C=C/c2ccccn2)s1. The van der Waals surface area contributed by atoms with Gasteiger partial charge in [0.15, 0.2) is 5.78 Å². The molecule has 0 N–H and O–H groups in total. The fourth-order valence-electron chi connectivity index (χ4n) is 1.61. The van der Waals surface area contributed by atoms with E-state index in [1.165, 1.54) is 4.88 Å². The van der Waals surface area contributed by atoms with Crippen molar-refractivity contribution in [2.24, 2.45) is 0 Å². The van der Waals surface area contributed by atoms with Crippen LogP contribution < -0.4 is 0 Å². The lowest BCUT2D eigenvalue weighted by Crippen LogP contribution is -1.89. The summed E-state index contributed by atoms with van der Waals surface area (Å²) in [6, 6.07) is 9.58. The molecule has 0 atom stereocenters. The molecule has 2 aromatic rings. The third kappa shape index (κ3) is 3.37. The minimum Gasteiger partial charge on any atom is -0.288 e. The van der Waals surface area contributed by atoms with Gasteiger partial charge in [-0.1, -0.05) is 19.4 Å². The lowest BCUT2D eigenvalue weighted by atomic mass is 10.2. The maximum absolute atomic E-state index is 11.9. The standard InChI is InChI=1S/C15H15NOS/c1-2-5-13-8-10-15(18-13)14(17)9-7-12-6-3-4-11-16-12/h3-4,6-11H,2,5H2,1H3/b9-7+. The molecule has 92 valence electrons. The Bertz CT molecular complexity index is 543. The van der Waals surface area contributed by atoms with Crippen LogP contribution in [0.2, 0.25) is 0 Å². The van der Waals surface area contributed by atoms with Crippen molar-refractivity contribution in [1.29, 1.82) is 0 Å². The van der Waals surface area contributed by atoms with Crippen molar-refractivity contribution < 1.29 is 4.79 Å². The lowest BCUT2D eigenvalue weighted by molar-refractivity contribution is 0.105. The second-order valence-electron chi connectivity index (χ2n) is 3.97. The number of rotatable bonds is 5. The molecule has 2 nitrogen and oxygen atoms in total. The number of hydrogen-bond acceptors (Lipinski definition) is 3. The maximum atomic E-state index is 11.9. The van der Waals surface area contributed by atoms with Gasteiger partial charge in [-0.3, -0.25) is 9.78 Å². The van der Waals surface area contributed by atoms with Gasteiger partial charge in [0.05, 0.1) is 10.6 Å². The van der Waals surface area contributed by atoms with Gasteiger partial charge < -0.3 is 0 Å². The van der Waals surface area contributed by atoms with E-state index < -0.39 is 0 Å². The molecule has 0 aliphatic rings. The minimum absolute atomic E-state index is 0.0491. The molecule has 2 rings (SSSR count). The van der Waals surface area contributed by atoms with Crippen LogP contribution in [0.5, 0.6) is 0 Å². The Morgan fingerprint density at radius 1 is 1.33 bits per heavy atom. The maximum Gasteiger partial charge on any atom is 0.195 e. The van der Waals surface area contributed by atoms with Crippen LogP contribution >= 0.6 is 11.3 Å². The van der Waals surface area contributed by atoms with Crippen LogP contribution in [0.4, 0.5) is 0 Å². The summed E-state index contributed by atoms with van der Waals surface area (Å²) in [6.07, 6.45) is 7.21. The number of pyridine rings is 1. The Kier molecular flexibility index (Phi) is 4.42. The first-order valence-electron chi connectivity index (χ1n) is 6.01. The number of hydrogen-bond donors (Lipinski definition) is 0. The van der Waals surface area contributed by atoms with E-state index in [-0.39, 0.29) is 5.78 Å². The number of carbonyl (C=O) groups is 1. The van der Waals surface area contributed by atoms with Gasteiger partial charge in [0.1, 0.15) is 0 Å². The third-order valence-corrected chi connectivity index (χ3v) is 3.65. The number of allylic oxidation sites excluding steroid dienone is 1. The first kappa shape index (κ1) is 12.7. The van der Waals surface area contributed by atoms with E-state index in [0.29, 0.717) is 0 Å². The molecule has 2 heterocycles. The van der Waals surface area contributed by atoms with Crippen LogP contribution in [-0.2, 0) is 6.42 Å². The highest BCUT2D eigenvalue weighted by molar-refractivity contribution is 7.14. The zero-order valence-corrected chi connectivity index (χ0v) is 11.1. The molecule has 0 bridgehead atoms. The summed E-state index contributed by atoms with van der Waals surface area (Å²) in [5, 5.41) is 0. The normalized spacial score (nSPS) is 10.9. The van der Waals surface area contributed by atoms with Gasteiger partial charge in [-0.25, -0.2) is 0 Å². The van der Waals surface area contributed by atoms with Crippen LogP contribution in [0.3, 0.4) is 0 Å². The van der Waals surface area contributed by atoms with Crippen molar-refractivity contribution in [2.75, 3.05) is 0 Å². The molecule has 0 saturated heterocycles. The van der Waals surface area contributed by atoms with Crippen molar-refractivity contribution in [3.63, 3.8) is 0 Å². The summed E-state index contributed by atoms with van der Waals surface area (Å²) in [5.41, 5.74) is 0.802. The van der Waals surface area contributed by atoms with E-state index in [9.17, 15) is 4.79 Å². The fourth-order valence-corrected chi connectivity index (χ4v) is 2.64. The highest BCUT2D eigenvalue weighted by atomic mass is 32.1. The number of ketones is 1. The van der Waals surface area contributed by atoms with Gasteiger partial charge in [0, 0.05) is 11.1 Å². The molecule has 18 heavy (non-hydrogen) atoms. The highest BCUT2D eigenvalue weighted by Gasteiger charge is 2.05. The van der Waals surface area contributed by atoms with Gasteiger partial charge in [-0.15, -0.1) is 11.3 Å². The molecule has 0 fully saturated rings.